The molecule has 1 aromatic heterocycles. The summed E-state index contributed by atoms with van der Waals surface area (Å²) >= 11 is 6.45. The standard InChI is InChI=1S/C18H17NO6S2/c20-12-5-3-10(8-13(12)21)14-6-4-11(25-14)9-15-17(24)19(18(26)27-15)7-1-2-16(22)23/h3-6,8-9,14,20-21,24H,1-2,7H2,(H,22,23). The number of nitrogens with zero attached hydrogens (tertiary/aromatic N) is 1. The molecule has 2 heterocycles. The number of aromatic nitrogens is 1. The molecule has 1 unspecified atom stereocenters. The summed E-state index contributed by atoms with van der Waals surface area (Å²) in [6.07, 6.45) is 5.13. The van der Waals surface area contributed by atoms with Crippen LogP contribution in [0.25, 0.3) is 6.08 Å². The van der Waals surface area contributed by atoms with E-state index in [1.165, 1.54) is 28.0 Å². The molecule has 9 heteroatoms. The smallest absolute Gasteiger partial charge is 0.303 e. The molecular weight excluding hydrogens is 390 g/mol. The van der Waals surface area contributed by atoms with Crippen LogP contribution < -0.4 is 0 Å². The Morgan fingerprint density at radius 1 is 1.30 bits per heavy atom. The van der Waals surface area contributed by atoms with Gasteiger partial charge in [-0.2, -0.15) is 0 Å². The molecule has 0 saturated carbocycles. The SMILES string of the molecule is O=C(O)CCCn1c(O)c(C=C2C=CC(c3ccc(O)c(O)c3)O2)sc1=S. The number of carboxylic acid groups (broad SMARTS) is 1. The topological polar surface area (TPSA) is 112 Å². The van der Waals surface area contributed by atoms with Crippen molar-refractivity contribution < 1.29 is 30.0 Å². The number of benzene rings is 1. The summed E-state index contributed by atoms with van der Waals surface area (Å²) in [5.41, 5.74) is 0.674. The molecular formula is C18H17NO6S2. The Balaban J connectivity index is 1.74. The zero-order valence-corrected chi connectivity index (χ0v) is 15.7. The first-order valence-corrected chi connectivity index (χ1v) is 9.30. The van der Waals surface area contributed by atoms with Gasteiger partial charge in [0.25, 0.3) is 0 Å². The van der Waals surface area contributed by atoms with Gasteiger partial charge in [0.15, 0.2) is 15.5 Å². The van der Waals surface area contributed by atoms with Gasteiger partial charge in [0.2, 0.25) is 5.88 Å². The van der Waals surface area contributed by atoms with E-state index < -0.39 is 12.1 Å². The average molecular weight is 407 g/mol. The third kappa shape index (κ3) is 4.32. The van der Waals surface area contributed by atoms with Gasteiger partial charge in [-0.3, -0.25) is 9.36 Å². The normalized spacial score (nSPS) is 17.3. The van der Waals surface area contributed by atoms with Crippen molar-refractivity contribution in [3.63, 3.8) is 0 Å². The number of aromatic hydroxyl groups is 3. The van der Waals surface area contributed by atoms with Crippen molar-refractivity contribution >= 4 is 35.6 Å². The Kier molecular flexibility index (Phi) is 5.52. The Labute approximate surface area is 163 Å². The molecule has 27 heavy (non-hydrogen) atoms. The predicted octanol–water partition coefficient (Wildman–Crippen LogP) is 3.93. The molecule has 0 aliphatic carbocycles. The van der Waals surface area contributed by atoms with Gasteiger partial charge in [-0.15, -0.1) is 11.3 Å². The maximum Gasteiger partial charge on any atom is 0.303 e. The molecule has 1 aliphatic rings. The van der Waals surface area contributed by atoms with Crippen LogP contribution in [-0.2, 0) is 16.1 Å². The summed E-state index contributed by atoms with van der Waals surface area (Å²) in [5, 5.41) is 38.1. The molecule has 0 fully saturated rings. The van der Waals surface area contributed by atoms with Crippen LogP contribution in [0.1, 0.15) is 29.4 Å². The number of thiazole rings is 1. The van der Waals surface area contributed by atoms with Crippen LogP contribution in [0.3, 0.4) is 0 Å². The molecule has 7 nitrogen and oxygen atoms in total. The molecule has 1 aromatic carbocycles. The number of phenols is 2. The van der Waals surface area contributed by atoms with Crippen molar-refractivity contribution in [2.75, 3.05) is 0 Å². The summed E-state index contributed by atoms with van der Waals surface area (Å²) in [7, 11) is 0. The van der Waals surface area contributed by atoms with Crippen molar-refractivity contribution in [1.29, 1.82) is 0 Å². The van der Waals surface area contributed by atoms with Gasteiger partial charge < -0.3 is 25.2 Å². The highest BCUT2D eigenvalue weighted by Crippen LogP contribution is 2.36. The minimum Gasteiger partial charge on any atom is -0.504 e. The molecule has 2 aromatic rings. The lowest BCUT2D eigenvalue weighted by molar-refractivity contribution is -0.137. The fourth-order valence-corrected chi connectivity index (χ4v) is 3.91. The van der Waals surface area contributed by atoms with Crippen LogP contribution in [0.2, 0.25) is 0 Å². The lowest BCUT2D eigenvalue weighted by atomic mass is 10.1. The van der Waals surface area contributed by atoms with Crippen LogP contribution in [0.5, 0.6) is 17.4 Å². The zero-order chi connectivity index (χ0) is 19.6. The molecule has 1 atom stereocenters. The van der Waals surface area contributed by atoms with E-state index in [9.17, 15) is 20.1 Å². The summed E-state index contributed by atoms with van der Waals surface area (Å²) in [6.45, 7) is 0.322. The number of aliphatic carboxylic acids is 1. The third-order valence-corrected chi connectivity index (χ3v) is 5.35. The van der Waals surface area contributed by atoms with Gasteiger partial charge in [0, 0.05) is 24.6 Å². The highest BCUT2D eigenvalue weighted by Gasteiger charge is 2.19. The molecule has 0 saturated heterocycles. The van der Waals surface area contributed by atoms with Gasteiger partial charge in [0.05, 0.1) is 4.88 Å². The Morgan fingerprint density at radius 2 is 2.07 bits per heavy atom. The number of hydrogen-bond acceptors (Lipinski definition) is 7. The first-order chi connectivity index (χ1) is 12.8. The highest BCUT2D eigenvalue weighted by molar-refractivity contribution is 7.73. The van der Waals surface area contributed by atoms with E-state index >= 15 is 0 Å². The van der Waals surface area contributed by atoms with Crippen molar-refractivity contribution in [2.24, 2.45) is 0 Å². The van der Waals surface area contributed by atoms with Gasteiger partial charge >= 0.3 is 5.97 Å². The summed E-state index contributed by atoms with van der Waals surface area (Å²) in [4.78, 5) is 11.1. The molecule has 0 amide bonds. The fourth-order valence-electron chi connectivity index (χ4n) is 2.61. The molecule has 1 aliphatic heterocycles. The summed E-state index contributed by atoms with van der Waals surface area (Å²) in [5.74, 6) is -0.835. The minimum absolute atomic E-state index is 0.000483. The van der Waals surface area contributed by atoms with Crippen LogP contribution in [0.4, 0.5) is 0 Å². The first kappa shape index (κ1) is 19.0. The average Bonchev–Trinajstić information content (AvgIpc) is 3.17. The Bertz CT molecular complexity index is 988. The minimum atomic E-state index is -0.894. The van der Waals surface area contributed by atoms with Gasteiger partial charge in [-0.05, 0) is 42.9 Å². The molecule has 4 N–H and O–H groups in total. The molecule has 0 bridgehead atoms. The second-order valence-corrected chi connectivity index (χ2v) is 7.57. The van der Waals surface area contributed by atoms with E-state index in [2.05, 4.69) is 0 Å². The number of allylic oxidation sites excluding steroid dienone is 1. The Hall–Kier alpha value is -2.78. The highest BCUT2D eigenvalue weighted by atomic mass is 32.1. The number of carboxylic acids is 1. The van der Waals surface area contributed by atoms with Crippen molar-refractivity contribution in [3.8, 4) is 17.4 Å². The van der Waals surface area contributed by atoms with Gasteiger partial charge in [-0.25, -0.2) is 0 Å². The second-order valence-electron chi connectivity index (χ2n) is 5.90. The van der Waals surface area contributed by atoms with E-state index in [-0.39, 0.29) is 23.8 Å². The quantitative estimate of drug-likeness (QED) is 0.424. The lowest BCUT2D eigenvalue weighted by Crippen LogP contribution is -2.01. The molecule has 0 radical (unpaired) electrons. The van der Waals surface area contributed by atoms with Crippen LogP contribution >= 0.6 is 23.6 Å². The number of ether oxygens (including phenoxy) is 1. The first-order valence-electron chi connectivity index (χ1n) is 8.08. The summed E-state index contributed by atoms with van der Waals surface area (Å²) in [6, 6.07) is 4.46. The van der Waals surface area contributed by atoms with Crippen molar-refractivity contribution in [3.05, 3.63) is 50.5 Å². The van der Waals surface area contributed by atoms with Crippen LogP contribution in [-0.4, -0.2) is 31.0 Å². The van der Waals surface area contributed by atoms with Crippen molar-refractivity contribution in [1.82, 2.24) is 4.57 Å². The third-order valence-electron chi connectivity index (χ3n) is 3.97. The van der Waals surface area contributed by atoms with Crippen LogP contribution in [0, 0.1) is 3.95 Å². The largest absolute Gasteiger partial charge is 0.504 e. The van der Waals surface area contributed by atoms with E-state index in [1.54, 1.807) is 24.3 Å². The monoisotopic (exact) mass is 407 g/mol. The fraction of sp³-hybridized carbons (Fsp3) is 0.222. The van der Waals surface area contributed by atoms with E-state index in [0.717, 1.165) is 0 Å². The number of phenolic OH excluding ortho intramolecular Hbond substituents is 2. The second kappa shape index (κ2) is 7.85. The number of rotatable bonds is 6. The van der Waals surface area contributed by atoms with E-state index in [4.69, 9.17) is 22.1 Å². The van der Waals surface area contributed by atoms with Gasteiger partial charge in [-0.1, -0.05) is 6.07 Å². The van der Waals surface area contributed by atoms with Gasteiger partial charge in [0.1, 0.15) is 11.9 Å². The van der Waals surface area contributed by atoms with Crippen molar-refractivity contribution in [2.45, 2.75) is 25.5 Å². The molecule has 142 valence electrons. The number of hydrogen-bond donors (Lipinski definition) is 4. The maximum absolute atomic E-state index is 10.6. The van der Waals surface area contributed by atoms with Crippen LogP contribution in [0.15, 0.2) is 36.1 Å². The Morgan fingerprint density at radius 3 is 2.78 bits per heavy atom. The molecule has 3 rings (SSSR count). The predicted molar refractivity (Wildman–Crippen MR) is 102 cm³/mol. The number of carbonyl (C=O) groups is 1. The summed E-state index contributed by atoms with van der Waals surface area (Å²) < 4.78 is 7.75. The van der Waals surface area contributed by atoms with E-state index in [0.29, 0.717) is 33.1 Å². The lowest BCUT2D eigenvalue weighted by Gasteiger charge is -2.11. The zero-order valence-electron chi connectivity index (χ0n) is 14.0. The maximum atomic E-state index is 10.6. The molecule has 0 spiro atoms. The van der Waals surface area contributed by atoms with E-state index in [1.807, 2.05) is 0 Å².